The molecule has 25 heavy (non-hydrogen) atoms. The molecule has 0 radical (unpaired) electrons. The van der Waals surface area contributed by atoms with Gasteiger partial charge in [-0.3, -0.25) is 9.59 Å². The van der Waals surface area contributed by atoms with Gasteiger partial charge < -0.3 is 25.0 Å². The van der Waals surface area contributed by atoms with Gasteiger partial charge in [0.2, 0.25) is 0 Å². The number of benzene rings is 1. The van der Waals surface area contributed by atoms with E-state index in [-0.39, 0.29) is 18.6 Å². The zero-order valence-corrected chi connectivity index (χ0v) is 14.9. The van der Waals surface area contributed by atoms with Gasteiger partial charge in [-0.2, -0.15) is 0 Å². The molecule has 138 valence electrons. The molecule has 7 nitrogen and oxygen atoms in total. The second-order valence-electron chi connectivity index (χ2n) is 6.48. The van der Waals surface area contributed by atoms with Crippen LogP contribution >= 0.6 is 0 Å². The van der Waals surface area contributed by atoms with Crippen molar-refractivity contribution in [2.45, 2.75) is 18.9 Å². The van der Waals surface area contributed by atoms with Crippen LogP contribution < -0.4 is 5.32 Å². The normalized spacial score (nSPS) is 16.8. The van der Waals surface area contributed by atoms with E-state index >= 15 is 0 Å². The van der Waals surface area contributed by atoms with E-state index in [0.717, 1.165) is 26.0 Å². The smallest absolute Gasteiger partial charge is 0.322 e. The molecule has 2 N–H and O–H groups in total. The number of para-hydroxylation sites is 1. The fraction of sp³-hybridized carbons (Fsp3) is 0.556. The standard InChI is InChI=1S/C18H27N3O4/c1-20(2)9-10-21(13-14-6-5-11-25-14)18(24)15-7-3-4-8-16(15)19-12-17(22)23/h3-4,7-8,14,19H,5-6,9-13H2,1-2H3,(H,22,23). The first-order valence-electron chi connectivity index (χ1n) is 8.57. The summed E-state index contributed by atoms with van der Waals surface area (Å²) in [4.78, 5) is 27.7. The molecule has 0 aromatic heterocycles. The molecule has 1 fully saturated rings. The lowest BCUT2D eigenvalue weighted by Gasteiger charge is -2.27. The van der Waals surface area contributed by atoms with Crippen LogP contribution in [0, 0.1) is 0 Å². The highest BCUT2D eigenvalue weighted by molar-refractivity contribution is 6.00. The molecule has 1 aromatic rings. The van der Waals surface area contributed by atoms with Crippen LogP contribution in [0.1, 0.15) is 23.2 Å². The quantitative estimate of drug-likeness (QED) is 0.701. The van der Waals surface area contributed by atoms with E-state index in [1.165, 1.54) is 0 Å². The first kappa shape index (κ1) is 19.2. The lowest BCUT2D eigenvalue weighted by atomic mass is 10.1. The second-order valence-corrected chi connectivity index (χ2v) is 6.48. The van der Waals surface area contributed by atoms with Crippen molar-refractivity contribution in [2.75, 3.05) is 52.2 Å². The van der Waals surface area contributed by atoms with Crippen molar-refractivity contribution in [1.29, 1.82) is 0 Å². The maximum absolute atomic E-state index is 13.1. The number of carbonyl (C=O) groups is 2. The Morgan fingerprint density at radius 1 is 1.28 bits per heavy atom. The highest BCUT2D eigenvalue weighted by Gasteiger charge is 2.24. The Morgan fingerprint density at radius 3 is 2.68 bits per heavy atom. The number of carboxylic acid groups (broad SMARTS) is 1. The molecule has 0 aliphatic carbocycles. The number of hydrogen-bond donors (Lipinski definition) is 2. The van der Waals surface area contributed by atoms with Gasteiger partial charge in [0.05, 0.1) is 11.7 Å². The fourth-order valence-electron chi connectivity index (χ4n) is 2.80. The lowest BCUT2D eigenvalue weighted by Crippen LogP contribution is -2.41. The number of hydrogen-bond acceptors (Lipinski definition) is 5. The number of carbonyl (C=O) groups excluding carboxylic acids is 1. The summed E-state index contributed by atoms with van der Waals surface area (Å²) < 4.78 is 5.68. The van der Waals surface area contributed by atoms with Gasteiger partial charge in [0.25, 0.3) is 5.91 Å². The van der Waals surface area contributed by atoms with Gasteiger partial charge in [-0.15, -0.1) is 0 Å². The van der Waals surface area contributed by atoms with Gasteiger partial charge >= 0.3 is 5.97 Å². The van der Waals surface area contributed by atoms with E-state index in [9.17, 15) is 9.59 Å². The molecule has 1 aliphatic heterocycles. The molecule has 1 amide bonds. The van der Waals surface area contributed by atoms with E-state index in [4.69, 9.17) is 9.84 Å². The van der Waals surface area contributed by atoms with Gasteiger partial charge in [0.15, 0.2) is 0 Å². The molecule has 0 spiro atoms. The highest BCUT2D eigenvalue weighted by Crippen LogP contribution is 2.19. The molecule has 1 aliphatic rings. The van der Waals surface area contributed by atoms with Crippen LogP contribution in [-0.4, -0.2) is 79.8 Å². The van der Waals surface area contributed by atoms with E-state index in [0.29, 0.717) is 24.3 Å². The topological polar surface area (TPSA) is 82.1 Å². The minimum absolute atomic E-state index is 0.0743. The average molecular weight is 349 g/mol. The Hall–Kier alpha value is -2.12. The predicted molar refractivity (Wildman–Crippen MR) is 96.0 cm³/mol. The van der Waals surface area contributed by atoms with Crippen LogP contribution in [0.3, 0.4) is 0 Å². The summed E-state index contributed by atoms with van der Waals surface area (Å²) in [5, 5.41) is 11.7. The molecular weight excluding hydrogens is 322 g/mol. The predicted octanol–water partition coefficient (Wildman–Crippen LogP) is 1.37. The first-order chi connectivity index (χ1) is 12.0. The Morgan fingerprint density at radius 2 is 2.04 bits per heavy atom. The van der Waals surface area contributed by atoms with Crippen molar-refractivity contribution < 1.29 is 19.4 Å². The first-order valence-corrected chi connectivity index (χ1v) is 8.57. The molecule has 2 rings (SSSR count). The number of ether oxygens (including phenoxy) is 1. The van der Waals surface area contributed by atoms with Crippen molar-refractivity contribution in [3.05, 3.63) is 29.8 Å². The number of rotatable bonds is 9. The fourth-order valence-corrected chi connectivity index (χ4v) is 2.80. The third-order valence-corrected chi connectivity index (χ3v) is 4.14. The molecule has 1 aromatic carbocycles. The summed E-state index contributed by atoms with van der Waals surface area (Å²) in [7, 11) is 3.94. The van der Waals surface area contributed by atoms with Gasteiger partial charge in [0.1, 0.15) is 6.54 Å². The van der Waals surface area contributed by atoms with E-state index < -0.39 is 5.97 Å². The summed E-state index contributed by atoms with van der Waals surface area (Å²) in [5.41, 5.74) is 1.03. The van der Waals surface area contributed by atoms with Crippen LogP contribution in [0.5, 0.6) is 0 Å². The Kier molecular flexibility index (Phi) is 7.21. The number of nitrogens with zero attached hydrogens (tertiary/aromatic N) is 2. The third-order valence-electron chi connectivity index (χ3n) is 4.14. The Balaban J connectivity index is 2.14. The monoisotopic (exact) mass is 349 g/mol. The molecule has 0 bridgehead atoms. The molecule has 1 heterocycles. The van der Waals surface area contributed by atoms with E-state index in [1.807, 2.05) is 19.0 Å². The van der Waals surface area contributed by atoms with E-state index in [2.05, 4.69) is 5.32 Å². The van der Waals surface area contributed by atoms with Crippen LogP contribution in [0.4, 0.5) is 5.69 Å². The number of nitrogens with one attached hydrogen (secondary N) is 1. The minimum atomic E-state index is -0.967. The second kappa shape index (κ2) is 9.39. The van der Waals surface area contributed by atoms with Crippen LogP contribution in [0.25, 0.3) is 0 Å². The number of carboxylic acids is 1. The van der Waals surface area contributed by atoms with Crippen LogP contribution in [-0.2, 0) is 9.53 Å². The zero-order valence-electron chi connectivity index (χ0n) is 14.9. The van der Waals surface area contributed by atoms with Crippen molar-refractivity contribution in [3.63, 3.8) is 0 Å². The summed E-state index contributed by atoms with van der Waals surface area (Å²) >= 11 is 0. The van der Waals surface area contributed by atoms with Crippen LogP contribution in [0.2, 0.25) is 0 Å². The van der Waals surface area contributed by atoms with Gasteiger partial charge in [0, 0.05) is 31.9 Å². The molecule has 1 saturated heterocycles. The molecule has 1 unspecified atom stereocenters. The molecule has 1 atom stereocenters. The van der Waals surface area contributed by atoms with Crippen molar-refractivity contribution in [1.82, 2.24) is 9.80 Å². The number of anilines is 1. The summed E-state index contributed by atoms with van der Waals surface area (Å²) in [5.74, 6) is -1.07. The third kappa shape index (κ3) is 6.03. The summed E-state index contributed by atoms with van der Waals surface area (Å²) in [6.45, 7) is 2.42. The van der Waals surface area contributed by atoms with Crippen molar-refractivity contribution >= 4 is 17.6 Å². The zero-order chi connectivity index (χ0) is 18.2. The molecule has 0 saturated carbocycles. The maximum atomic E-state index is 13.1. The number of aliphatic carboxylic acids is 1. The van der Waals surface area contributed by atoms with Gasteiger partial charge in [-0.25, -0.2) is 0 Å². The molecule has 7 heteroatoms. The summed E-state index contributed by atoms with van der Waals surface area (Å²) in [6, 6.07) is 7.03. The Bertz CT molecular complexity index is 585. The highest BCUT2D eigenvalue weighted by atomic mass is 16.5. The summed E-state index contributed by atoms with van der Waals surface area (Å²) in [6.07, 6.45) is 2.06. The minimum Gasteiger partial charge on any atom is -0.480 e. The maximum Gasteiger partial charge on any atom is 0.322 e. The van der Waals surface area contributed by atoms with Crippen LogP contribution in [0.15, 0.2) is 24.3 Å². The largest absolute Gasteiger partial charge is 0.480 e. The van der Waals surface area contributed by atoms with Gasteiger partial charge in [-0.1, -0.05) is 12.1 Å². The van der Waals surface area contributed by atoms with Gasteiger partial charge in [-0.05, 0) is 39.1 Å². The Labute approximate surface area is 148 Å². The average Bonchev–Trinajstić information content (AvgIpc) is 3.09. The SMILES string of the molecule is CN(C)CCN(CC1CCCO1)C(=O)c1ccccc1NCC(=O)O. The van der Waals surface area contributed by atoms with Crippen molar-refractivity contribution in [3.8, 4) is 0 Å². The lowest BCUT2D eigenvalue weighted by molar-refractivity contribution is -0.134. The number of likely N-dealkylation sites (N-methyl/N-ethyl adjacent to an activating group) is 1. The van der Waals surface area contributed by atoms with Crippen molar-refractivity contribution in [2.24, 2.45) is 0 Å². The van der Waals surface area contributed by atoms with E-state index in [1.54, 1.807) is 29.2 Å². The number of amides is 1. The molecular formula is C18H27N3O4.